The number of hydrogen-bond acceptors (Lipinski definition) is 2. The van der Waals surface area contributed by atoms with Gasteiger partial charge in [0.15, 0.2) is 0 Å². The Balaban J connectivity index is 0.933. The quantitative estimate of drug-likeness (QED) is 0.177. The van der Waals surface area contributed by atoms with Gasteiger partial charge in [0.05, 0.1) is 22.4 Å². The molecule has 0 saturated heterocycles. The molecule has 15 rings (SSSR count). The predicted octanol–water partition coefficient (Wildman–Crippen LogP) is 15.5. The first kappa shape index (κ1) is 33.9. The first-order chi connectivity index (χ1) is 30.2. The van der Waals surface area contributed by atoms with Gasteiger partial charge in [0.1, 0.15) is 11.2 Å². The van der Waals surface area contributed by atoms with Crippen molar-refractivity contribution in [2.24, 2.45) is 23.7 Å². The van der Waals surface area contributed by atoms with Crippen LogP contribution in [0.1, 0.15) is 43.2 Å². The Morgan fingerprint density at radius 3 is 1.79 bits per heavy atom. The molecule has 3 heteroatoms. The number of hydrogen-bond donors (Lipinski definition) is 0. The molecule has 2 aromatic heterocycles. The van der Waals surface area contributed by atoms with Gasteiger partial charge in [-0.3, -0.25) is 0 Å². The van der Waals surface area contributed by atoms with Crippen molar-refractivity contribution >= 4 is 60.8 Å². The van der Waals surface area contributed by atoms with Crippen molar-refractivity contribution in [2.45, 2.75) is 37.5 Å². The summed E-state index contributed by atoms with van der Waals surface area (Å²) in [4.78, 5) is 2.56. The number of nitrogens with zero attached hydrogens (tertiary/aromatic N) is 2. The first-order valence-electron chi connectivity index (χ1n) is 22.4. The molecule has 0 radical (unpaired) electrons. The normalized spacial score (nSPS) is 20.9. The zero-order valence-corrected chi connectivity index (χ0v) is 34.0. The van der Waals surface area contributed by atoms with E-state index in [2.05, 4.69) is 191 Å². The van der Waals surface area contributed by atoms with Gasteiger partial charge in [-0.1, -0.05) is 127 Å². The van der Waals surface area contributed by atoms with Gasteiger partial charge in [-0.15, -0.1) is 0 Å². The molecule has 3 nitrogen and oxygen atoms in total. The standard InChI is InChI=1S/C58H44N2O/c1-2-15-41(16-3-1)59-50-25-7-4-18-46(50)55-44(20-12-28-53(55)59)45-21-13-29-54-56(45)47-22-11-19-43(57(47)61-54)38-14-10-17-42(35-38)60-51-26-8-5-23-48(51)58(49-24-6-9-27-52(49)60)39-31-36-30-37(33-39)34-40(58)32-36/h1-29,35-37,39-40H,30-34H2. The zero-order chi connectivity index (χ0) is 39.8. The van der Waals surface area contributed by atoms with Crippen LogP contribution in [0.3, 0.4) is 0 Å². The highest BCUT2D eigenvalue weighted by Crippen LogP contribution is 2.69. The molecule has 8 aromatic carbocycles. The average molecular weight is 785 g/mol. The van der Waals surface area contributed by atoms with E-state index in [9.17, 15) is 0 Å². The molecule has 4 bridgehead atoms. The maximum Gasteiger partial charge on any atom is 0.143 e. The molecule has 10 aromatic rings. The van der Waals surface area contributed by atoms with Crippen molar-refractivity contribution in [3.63, 3.8) is 0 Å². The molecular formula is C58H44N2O. The Bertz CT molecular complexity index is 3330. The van der Waals surface area contributed by atoms with Gasteiger partial charge in [0.25, 0.3) is 0 Å². The van der Waals surface area contributed by atoms with E-state index in [1.807, 2.05) is 0 Å². The van der Waals surface area contributed by atoms with Crippen LogP contribution in [0.2, 0.25) is 0 Å². The summed E-state index contributed by atoms with van der Waals surface area (Å²) in [6.45, 7) is 0. The number of para-hydroxylation sites is 5. The second kappa shape index (κ2) is 12.6. The fourth-order valence-electron chi connectivity index (χ4n) is 13.6. The van der Waals surface area contributed by atoms with Crippen LogP contribution in [0.15, 0.2) is 186 Å². The van der Waals surface area contributed by atoms with Gasteiger partial charge in [0.2, 0.25) is 0 Å². The highest BCUT2D eigenvalue weighted by atomic mass is 16.3. The third kappa shape index (κ3) is 4.59. The van der Waals surface area contributed by atoms with Crippen LogP contribution >= 0.6 is 0 Å². The number of aromatic nitrogens is 1. The third-order valence-electron chi connectivity index (χ3n) is 15.5. The summed E-state index contributed by atoms with van der Waals surface area (Å²) < 4.78 is 9.38. The fraction of sp³-hybridized carbons (Fsp3) is 0.172. The van der Waals surface area contributed by atoms with E-state index < -0.39 is 0 Å². The van der Waals surface area contributed by atoms with Gasteiger partial charge < -0.3 is 13.9 Å². The number of anilines is 3. The molecule has 292 valence electrons. The van der Waals surface area contributed by atoms with Crippen LogP contribution in [-0.4, -0.2) is 4.57 Å². The molecule has 3 heterocycles. The molecule has 0 unspecified atom stereocenters. The highest BCUT2D eigenvalue weighted by Gasteiger charge is 2.61. The fourth-order valence-corrected chi connectivity index (χ4v) is 13.6. The monoisotopic (exact) mass is 784 g/mol. The molecule has 0 atom stereocenters. The van der Waals surface area contributed by atoms with E-state index in [1.165, 1.54) is 82.1 Å². The zero-order valence-electron chi connectivity index (χ0n) is 34.0. The summed E-state index contributed by atoms with van der Waals surface area (Å²) in [7, 11) is 0. The molecule has 0 N–H and O–H groups in total. The van der Waals surface area contributed by atoms with Crippen molar-refractivity contribution < 1.29 is 4.42 Å². The van der Waals surface area contributed by atoms with E-state index in [1.54, 1.807) is 11.1 Å². The number of fused-ring (bicyclic) bond motifs is 8. The molecule has 1 spiro atoms. The van der Waals surface area contributed by atoms with Crippen LogP contribution in [-0.2, 0) is 5.41 Å². The smallest absolute Gasteiger partial charge is 0.143 e. The highest BCUT2D eigenvalue weighted by molar-refractivity contribution is 6.22. The van der Waals surface area contributed by atoms with Crippen molar-refractivity contribution in [3.05, 3.63) is 193 Å². The number of benzene rings is 8. The second-order valence-electron chi connectivity index (χ2n) is 18.4. The molecule has 4 saturated carbocycles. The van der Waals surface area contributed by atoms with Crippen LogP contribution < -0.4 is 4.90 Å². The summed E-state index contributed by atoms with van der Waals surface area (Å²) >= 11 is 0. The molecule has 61 heavy (non-hydrogen) atoms. The molecule has 5 aliphatic rings. The second-order valence-corrected chi connectivity index (χ2v) is 18.4. The summed E-state index contributed by atoms with van der Waals surface area (Å²) in [6, 6.07) is 67.5. The first-order valence-corrected chi connectivity index (χ1v) is 22.4. The number of furan rings is 1. The van der Waals surface area contributed by atoms with Crippen LogP contribution in [0.5, 0.6) is 0 Å². The Kier molecular flexibility index (Phi) is 7.01. The minimum atomic E-state index is 0.0904. The summed E-state index contributed by atoms with van der Waals surface area (Å²) in [5, 5.41) is 4.79. The van der Waals surface area contributed by atoms with Gasteiger partial charge in [-0.2, -0.15) is 0 Å². The minimum Gasteiger partial charge on any atom is -0.455 e. The van der Waals surface area contributed by atoms with E-state index in [0.717, 1.165) is 50.6 Å². The van der Waals surface area contributed by atoms with Crippen molar-refractivity contribution in [1.29, 1.82) is 0 Å². The van der Waals surface area contributed by atoms with Crippen LogP contribution in [0, 0.1) is 23.7 Å². The molecular weight excluding hydrogens is 741 g/mol. The lowest BCUT2D eigenvalue weighted by molar-refractivity contribution is -0.0419. The van der Waals surface area contributed by atoms with Crippen LogP contribution in [0.25, 0.3) is 71.7 Å². The Labute approximate surface area is 355 Å². The van der Waals surface area contributed by atoms with Crippen molar-refractivity contribution in [2.75, 3.05) is 4.90 Å². The summed E-state index contributed by atoms with van der Waals surface area (Å²) in [6.07, 6.45) is 6.96. The van der Waals surface area contributed by atoms with Gasteiger partial charge >= 0.3 is 0 Å². The third-order valence-corrected chi connectivity index (χ3v) is 15.5. The molecule has 0 amide bonds. The Hall–Kier alpha value is -6.84. The predicted molar refractivity (Wildman–Crippen MR) is 251 cm³/mol. The van der Waals surface area contributed by atoms with Crippen molar-refractivity contribution in [3.8, 4) is 27.9 Å². The lowest BCUT2D eigenvalue weighted by atomic mass is 9.41. The summed E-state index contributed by atoms with van der Waals surface area (Å²) in [5.41, 5.74) is 17.1. The average Bonchev–Trinajstić information content (AvgIpc) is 3.87. The van der Waals surface area contributed by atoms with E-state index in [4.69, 9.17) is 4.42 Å². The largest absolute Gasteiger partial charge is 0.455 e. The maximum absolute atomic E-state index is 6.98. The topological polar surface area (TPSA) is 21.3 Å². The van der Waals surface area contributed by atoms with Crippen molar-refractivity contribution in [1.82, 2.24) is 4.57 Å². The summed E-state index contributed by atoms with van der Waals surface area (Å²) in [5.74, 6) is 3.25. The van der Waals surface area contributed by atoms with E-state index >= 15 is 0 Å². The minimum absolute atomic E-state index is 0.0904. The van der Waals surface area contributed by atoms with E-state index in [-0.39, 0.29) is 5.41 Å². The van der Waals surface area contributed by atoms with E-state index in [0.29, 0.717) is 11.8 Å². The lowest BCUT2D eigenvalue weighted by Crippen LogP contribution is -2.57. The van der Waals surface area contributed by atoms with Crippen LogP contribution in [0.4, 0.5) is 17.1 Å². The van der Waals surface area contributed by atoms with Gasteiger partial charge in [-0.25, -0.2) is 0 Å². The maximum atomic E-state index is 6.98. The molecule has 4 aliphatic carbocycles. The number of rotatable bonds is 4. The lowest BCUT2D eigenvalue weighted by Gasteiger charge is -2.64. The molecule has 4 fully saturated rings. The van der Waals surface area contributed by atoms with Gasteiger partial charge in [0, 0.05) is 43.9 Å². The Morgan fingerprint density at radius 1 is 0.443 bits per heavy atom. The van der Waals surface area contributed by atoms with Gasteiger partial charge in [-0.05, 0) is 138 Å². The SMILES string of the molecule is c1ccc(-n2c3ccccc3c3c(-c4cccc5oc6c(-c7cccc(N8c9ccccc9C9(c%10ccccc%108)C8CC%10CC(C8)CC9C%10)c7)cccc6c45)cccc32)cc1. The Morgan fingerprint density at radius 2 is 1.02 bits per heavy atom. The molecule has 1 aliphatic heterocycles.